The van der Waals surface area contributed by atoms with Crippen molar-refractivity contribution in [1.82, 2.24) is 15.0 Å². The van der Waals surface area contributed by atoms with Gasteiger partial charge in [-0.05, 0) is 12.1 Å². The van der Waals surface area contributed by atoms with E-state index in [0.29, 0.717) is 23.6 Å². The van der Waals surface area contributed by atoms with Crippen molar-refractivity contribution >= 4 is 28.8 Å². The Morgan fingerprint density at radius 3 is 2.65 bits per heavy atom. The zero-order valence-corrected chi connectivity index (χ0v) is 14.7. The third kappa shape index (κ3) is 4.29. The quantitative estimate of drug-likeness (QED) is 0.665. The molecule has 0 bridgehead atoms. The Balaban J connectivity index is 1.76. The number of benzene rings is 1. The number of hydrogen-bond acceptors (Lipinski definition) is 6. The topological polar surface area (TPSA) is 76.7 Å². The van der Waals surface area contributed by atoms with Crippen molar-refractivity contribution in [2.24, 2.45) is 5.73 Å². The van der Waals surface area contributed by atoms with Crippen LogP contribution in [0.5, 0.6) is 0 Å². The number of nitrogens with one attached hydrogen (secondary N) is 1. The molecule has 0 radical (unpaired) electrons. The van der Waals surface area contributed by atoms with E-state index in [4.69, 9.17) is 17.3 Å². The minimum absolute atomic E-state index is 0.297. The highest BCUT2D eigenvalue weighted by molar-refractivity contribution is 7.09. The molecule has 0 fully saturated rings. The zero-order valence-electron chi connectivity index (χ0n) is 13.2. The van der Waals surface area contributed by atoms with Crippen LogP contribution in [0.25, 0.3) is 11.3 Å². The predicted octanol–water partition coefficient (Wildman–Crippen LogP) is 4.38. The van der Waals surface area contributed by atoms with Gasteiger partial charge in [0.15, 0.2) is 0 Å². The van der Waals surface area contributed by atoms with E-state index in [9.17, 15) is 13.2 Å². The maximum atomic E-state index is 12.8. The molecule has 1 atom stereocenters. The smallest absolute Gasteiger partial charge is 0.368 e. The Morgan fingerprint density at radius 1 is 1.19 bits per heavy atom. The van der Waals surface area contributed by atoms with Crippen molar-refractivity contribution < 1.29 is 13.2 Å². The summed E-state index contributed by atoms with van der Waals surface area (Å²) in [4.78, 5) is 12.3. The fraction of sp³-hybridized carbons (Fsp3) is 0.188. The average molecular weight is 400 g/mol. The molecule has 2 heterocycles. The summed E-state index contributed by atoms with van der Waals surface area (Å²) in [6.07, 6.45) is -1.50. The van der Waals surface area contributed by atoms with Crippen LogP contribution in [0.1, 0.15) is 16.6 Å². The van der Waals surface area contributed by atoms with Crippen LogP contribution in [0.2, 0.25) is 5.02 Å². The largest absolute Gasteiger partial charge is 0.417 e. The highest BCUT2D eigenvalue weighted by atomic mass is 35.5. The molecular weight excluding hydrogens is 387 g/mol. The minimum atomic E-state index is -4.50. The lowest BCUT2D eigenvalue weighted by atomic mass is 10.1. The van der Waals surface area contributed by atoms with Crippen molar-refractivity contribution in [3.05, 3.63) is 57.8 Å². The van der Waals surface area contributed by atoms with Gasteiger partial charge in [-0.3, -0.25) is 0 Å². The Kier molecular flexibility index (Phi) is 5.40. The molecule has 0 saturated heterocycles. The van der Waals surface area contributed by atoms with Crippen molar-refractivity contribution in [2.45, 2.75) is 12.2 Å². The molecule has 3 rings (SSSR count). The molecule has 26 heavy (non-hydrogen) atoms. The molecule has 5 nitrogen and oxygen atoms in total. The molecular formula is C16H13ClF3N5S. The van der Waals surface area contributed by atoms with E-state index >= 15 is 0 Å². The van der Waals surface area contributed by atoms with Gasteiger partial charge in [0.1, 0.15) is 17.2 Å². The predicted molar refractivity (Wildman–Crippen MR) is 95.0 cm³/mol. The maximum Gasteiger partial charge on any atom is 0.417 e. The first kappa shape index (κ1) is 18.6. The van der Waals surface area contributed by atoms with Crippen LogP contribution in [0.3, 0.4) is 0 Å². The van der Waals surface area contributed by atoms with Gasteiger partial charge in [-0.2, -0.15) is 13.2 Å². The standard InChI is InChI=1S/C16H13ClF3N5S/c17-11-5-9(1-2-10(11)16(18,19)20)13-6-14(25-8-24-13)23-7-12(21)15-22-3-4-26-15/h1-6,8,12H,7,21H2,(H,23,24,25)/t12-/m0/s1. The van der Waals surface area contributed by atoms with Crippen LogP contribution < -0.4 is 11.1 Å². The Labute approximate surface area is 156 Å². The molecule has 0 aliphatic rings. The molecule has 0 saturated carbocycles. The summed E-state index contributed by atoms with van der Waals surface area (Å²) < 4.78 is 38.4. The van der Waals surface area contributed by atoms with Gasteiger partial charge in [-0.1, -0.05) is 17.7 Å². The van der Waals surface area contributed by atoms with E-state index in [1.165, 1.54) is 29.8 Å². The number of rotatable bonds is 5. The zero-order chi connectivity index (χ0) is 18.7. The summed E-state index contributed by atoms with van der Waals surface area (Å²) in [7, 11) is 0. The first-order valence-corrected chi connectivity index (χ1v) is 8.68. The third-order valence-corrected chi connectivity index (χ3v) is 4.73. The second-order valence-corrected chi connectivity index (χ2v) is 6.67. The molecule has 0 unspecified atom stereocenters. The molecule has 3 N–H and O–H groups in total. The highest BCUT2D eigenvalue weighted by Gasteiger charge is 2.33. The summed E-state index contributed by atoms with van der Waals surface area (Å²) in [5.74, 6) is 0.498. The normalized spacial score (nSPS) is 12.8. The van der Waals surface area contributed by atoms with Gasteiger partial charge in [0, 0.05) is 29.8 Å². The van der Waals surface area contributed by atoms with Gasteiger partial charge in [-0.15, -0.1) is 11.3 Å². The first-order valence-electron chi connectivity index (χ1n) is 7.42. The van der Waals surface area contributed by atoms with E-state index in [2.05, 4.69) is 20.3 Å². The first-order chi connectivity index (χ1) is 12.3. The molecule has 10 heteroatoms. The molecule has 0 spiro atoms. The Hall–Kier alpha value is -2.23. The van der Waals surface area contributed by atoms with E-state index in [-0.39, 0.29) is 11.1 Å². The second kappa shape index (κ2) is 7.56. The van der Waals surface area contributed by atoms with E-state index in [1.807, 2.05) is 5.38 Å². The molecule has 0 aliphatic heterocycles. The average Bonchev–Trinajstić information content (AvgIpc) is 3.13. The summed E-state index contributed by atoms with van der Waals surface area (Å²) in [5.41, 5.74) is 6.05. The van der Waals surface area contributed by atoms with Crippen LogP contribution >= 0.6 is 22.9 Å². The van der Waals surface area contributed by atoms with Crippen LogP contribution in [0, 0.1) is 0 Å². The molecule has 3 aromatic rings. The van der Waals surface area contributed by atoms with Crippen LogP contribution in [0.15, 0.2) is 42.2 Å². The molecule has 136 valence electrons. The number of nitrogens with zero attached hydrogens (tertiary/aromatic N) is 3. The number of anilines is 1. The van der Waals surface area contributed by atoms with Gasteiger partial charge >= 0.3 is 6.18 Å². The number of nitrogens with two attached hydrogens (primary N) is 1. The van der Waals surface area contributed by atoms with E-state index in [0.717, 1.165) is 11.1 Å². The lowest BCUT2D eigenvalue weighted by molar-refractivity contribution is -0.137. The maximum absolute atomic E-state index is 12.8. The SMILES string of the molecule is N[C@@H](CNc1cc(-c2ccc(C(F)(F)F)c(Cl)c2)ncn1)c1nccs1. The van der Waals surface area contributed by atoms with Crippen molar-refractivity contribution in [2.75, 3.05) is 11.9 Å². The number of thiazole rings is 1. The van der Waals surface area contributed by atoms with Crippen molar-refractivity contribution in [1.29, 1.82) is 0 Å². The van der Waals surface area contributed by atoms with Crippen molar-refractivity contribution in [3.63, 3.8) is 0 Å². The summed E-state index contributed by atoms with van der Waals surface area (Å²) in [6.45, 7) is 0.401. The lowest BCUT2D eigenvalue weighted by Gasteiger charge is -2.12. The van der Waals surface area contributed by atoms with E-state index < -0.39 is 11.7 Å². The van der Waals surface area contributed by atoms with E-state index in [1.54, 1.807) is 12.3 Å². The summed E-state index contributed by atoms with van der Waals surface area (Å²) >= 11 is 7.22. The molecule has 0 amide bonds. The van der Waals surface area contributed by atoms with Gasteiger partial charge in [0.25, 0.3) is 0 Å². The Bertz CT molecular complexity index is 886. The lowest BCUT2D eigenvalue weighted by Crippen LogP contribution is -2.20. The minimum Gasteiger partial charge on any atom is -0.368 e. The number of alkyl halides is 3. The van der Waals surface area contributed by atoms with Crippen molar-refractivity contribution in [3.8, 4) is 11.3 Å². The monoisotopic (exact) mass is 399 g/mol. The molecule has 1 aromatic carbocycles. The molecule has 2 aromatic heterocycles. The third-order valence-electron chi connectivity index (χ3n) is 3.51. The molecule has 0 aliphatic carbocycles. The van der Waals surface area contributed by atoms with Gasteiger partial charge in [-0.25, -0.2) is 15.0 Å². The van der Waals surface area contributed by atoms with Gasteiger partial charge < -0.3 is 11.1 Å². The van der Waals surface area contributed by atoms with Gasteiger partial charge in [0.05, 0.1) is 22.3 Å². The summed E-state index contributed by atoms with van der Waals surface area (Å²) in [6, 6.07) is 4.81. The summed E-state index contributed by atoms with van der Waals surface area (Å²) in [5, 5.41) is 5.32. The number of halogens is 4. The van der Waals surface area contributed by atoms with Crippen LogP contribution in [0.4, 0.5) is 19.0 Å². The fourth-order valence-electron chi connectivity index (χ4n) is 2.24. The highest BCUT2D eigenvalue weighted by Crippen LogP contribution is 2.36. The Morgan fingerprint density at radius 2 is 2.00 bits per heavy atom. The van der Waals surface area contributed by atoms with Crippen LogP contribution in [-0.2, 0) is 6.18 Å². The fourth-order valence-corrected chi connectivity index (χ4v) is 3.16. The van der Waals surface area contributed by atoms with Gasteiger partial charge in [0.2, 0.25) is 0 Å². The number of hydrogen-bond donors (Lipinski definition) is 2. The second-order valence-electron chi connectivity index (χ2n) is 5.34. The number of aromatic nitrogens is 3. The van der Waals surface area contributed by atoms with Crippen LogP contribution in [-0.4, -0.2) is 21.5 Å².